The Balaban J connectivity index is 2.11. The van der Waals surface area contributed by atoms with E-state index in [1.165, 1.54) is 6.08 Å². The normalized spacial score (nSPS) is 16.9. The first-order chi connectivity index (χ1) is 14.5. The number of hydrogen-bond donors (Lipinski definition) is 0. The SMILES string of the molecule is CC(C)c1cc(C(C)C)c(S(=O)(=O)OC2=NC(=C=O)N3CCOCC3=C2)c(C(C)C)c1. The molecule has 1 fully saturated rings. The summed E-state index contributed by atoms with van der Waals surface area (Å²) in [6.07, 6.45) is 1.50. The second kappa shape index (κ2) is 8.99. The van der Waals surface area contributed by atoms with Gasteiger partial charge in [-0.1, -0.05) is 53.7 Å². The lowest BCUT2D eigenvalue weighted by Crippen LogP contribution is -2.37. The molecule has 2 heterocycles. The molecule has 1 aromatic carbocycles. The largest absolute Gasteiger partial charge is 0.373 e. The lowest BCUT2D eigenvalue weighted by molar-refractivity contribution is 0.0861. The van der Waals surface area contributed by atoms with Crippen LogP contribution in [-0.2, 0) is 23.8 Å². The van der Waals surface area contributed by atoms with Crippen LogP contribution in [0.15, 0.2) is 39.6 Å². The van der Waals surface area contributed by atoms with E-state index in [9.17, 15) is 13.2 Å². The molecule has 0 aliphatic carbocycles. The smallest absolute Gasteiger partial charge is 0.341 e. The molecule has 0 aromatic heterocycles. The second-order valence-corrected chi connectivity index (χ2v) is 10.2. The number of benzene rings is 1. The van der Waals surface area contributed by atoms with E-state index in [1.54, 1.807) is 10.8 Å². The molecule has 1 saturated heterocycles. The van der Waals surface area contributed by atoms with Crippen molar-refractivity contribution in [1.82, 2.24) is 4.90 Å². The van der Waals surface area contributed by atoms with Gasteiger partial charge >= 0.3 is 10.1 Å². The van der Waals surface area contributed by atoms with Crippen LogP contribution in [0.3, 0.4) is 0 Å². The Bertz CT molecular complexity index is 1050. The average molecular weight is 447 g/mol. The molecule has 0 atom stereocenters. The molecule has 2 aliphatic heterocycles. The molecule has 0 N–H and O–H groups in total. The minimum absolute atomic E-state index is 0.00526. The molecule has 0 amide bonds. The Labute approximate surface area is 184 Å². The zero-order chi connectivity index (χ0) is 22.9. The van der Waals surface area contributed by atoms with E-state index in [0.717, 1.165) is 5.56 Å². The van der Waals surface area contributed by atoms with E-state index in [2.05, 4.69) is 18.8 Å². The molecule has 0 saturated carbocycles. The number of nitrogens with zero attached hydrogens (tertiary/aromatic N) is 2. The van der Waals surface area contributed by atoms with E-state index in [-0.39, 0.29) is 41.0 Å². The number of fused-ring (bicyclic) bond motifs is 1. The summed E-state index contributed by atoms with van der Waals surface area (Å²) >= 11 is 0. The van der Waals surface area contributed by atoms with Crippen molar-refractivity contribution >= 4 is 22.0 Å². The molecule has 3 rings (SSSR count). The predicted molar refractivity (Wildman–Crippen MR) is 119 cm³/mol. The van der Waals surface area contributed by atoms with Gasteiger partial charge in [0.15, 0.2) is 5.94 Å². The third kappa shape index (κ3) is 4.76. The summed E-state index contributed by atoms with van der Waals surface area (Å²) in [7, 11) is -4.20. The van der Waals surface area contributed by atoms with Crippen LogP contribution < -0.4 is 0 Å². The van der Waals surface area contributed by atoms with Gasteiger partial charge in [-0.3, -0.25) is 0 Å². The van der Waals surface area contributed by atoms with Crippen molar-refractivity contribution in [2.75, 3.05) is 19.8 Å². The molecule has 1 aromatic rings. The van der Waals surface area contributed by atoms with Crippen molar-refractivity contribution in [3.63, 3.8) is 0 Å². The Kier molecular flexibility index (Phi) is 6.74. The number of aliphatic imine (C=N–C) groups is 1. The summed E-state index contributed by atoms with van der Waals surface area (Å²) < 4.78 is 37.9. The molecule has 2 aliphatic rings. The van der Waals surface area contributed by atoms with Gasteiger partial charge in [0.05, 0.1) is 18.9 Å². The first kappa shape index (κ1) is 23.3. The van der Waals surface area contributed by atoms with Gasteiger partial charge in [0.25, 0.3) is 0 Å². The fourth-order valence-electron chi connectivity index (χ4n) is 3.71. The van der Waals surface area contributed by atoms with Crippen LogP contribution in [0, 0.1) is 0 Å². The fraction of sp³-hybridized carbons (Fsp3) is 0.522. The van der Waals surface area contributed by atoms with Gasteiger partial charge in [-0.15, -0.1) is 0 Å². The Hall–Kier alpha value is -2.41. The molecule has 168 valence electrons. The molecule has 0 bridgehead atoms. The number of hydrogen-bond acceptors (Lipinski definition) is 7. The highest BCUT2D eigenvalue weighted by Gasteiger charge is 2.32. The third-order valence-corrected chi connectivity index (χ3v) is 6.80. The third-order valence-electron chi connectivity index (χ3n) is 5.43. The first-order valence-corrected chi connectivity index (χ1v) is 12.0. The maximum absolute atomic E-state index is 13.5. The monoisotopic (exact) mass is 446 g/mol. The van der Waals surface area contributed by atoms with Gasteiger partial charge < -0.3 is 13.8 Å². The summed E-state index contributed by atoms with van der Waals surface area (Å²) in [5.74, 6) is 1.82. The van der Waals surface area contributed by atoms with Crippen molar-refractivity contribution in [3.8, 4) is 0 Å². The lowest BCUT2D eigenvalue weighted by Gasteiger charge is -2.32. The molecular formula is C23H30N2O5S. The van der Waals surface area contributed by atoms with E-state index in [4.69, 9.17) is 8.92 Å². The first-order valence-electron chi connectivity index (χ1n) is 10.6. The topological polar surface area (TPSA) is 85.3 Å². The standard InChI is InChI=1S/C23H30N2O5S/c1-14(2)17-9-19(15(3)4)23(20(10-17)16(5)6)31(27,28)30-22-11-18-13-29-8-7-25(18)21(12-26)24-22/h9-11,14-16H,7-8,13H2,1-6H3. The van der Waals surface area contributed by atoms with Crippen LogP contribution in [0.5, 0.6) is 0 Å². The van der Waals surface area contributed by atoms with Crippen LogP contribution >= 0.6 is 0 Å². The highest BCUT2D eigenvalue weighted by Crippen LogP contribution is 2.36. The quantitative estimate of drug-likeness (QED) is 0.501. The molecule has 0 radical (unpaired) electrons. The summed E-state index contributed by atoms with van der Waals surface area (Å²) in [6, 6.07) is 3.90. The number of carbonyl (C=O) groups excluding carboxylic acids is 1. The van der Waals surface area contributed by atoms with E-state index in [1.807, 2.05) is 39.8 Å². The van der Waals surface area contributed by atoms with Crippen LogP contribution in [0.1, 0.15) is 76.0 Å². The zero-order valence-electron chi connectivity index (χ0n) is 18.9. The average Bonchev–Trinajstić information content (AvgIpc) is 2.71. The van der Waals surface area contributed by atoms with E-state index >= 15 is 0 Å². The molecular weight excluding hydrogens is 416 g/mol. The van der Waals surface area contributed by atoms with Crippen molar-refractivity contribution < 1.29 is 22.1 Å². The van der Waals surface area contributed by atoms with Crippen LogP contribution in [0.2, 0.25) is 0 Å². The van der Waals surface area contributed by atoms with Gasteiger partial charge in [0.1, 0.15) is 4.90 Å². The van der Waals surface area contributed by atoms with Crippen LogP contribution in [0.4, 0.5) is 0 Å². The molecule has 31 heavy (non-hydrogen) atoms. The molecule has 8 heteroatoms. The highest BCUT2D eigenvalue weighted by molar-refractivity contribution is 7.87. The predicted octanol–water partition coefficient (Wildman–Crippen LogP) is 4.06. The minimum Gasteiger partial charge on any atom is -0.373 e. The van der Waals surface area contributed by atoms with Gasteiger partial charge in [0, 0.05) is 12.6 Å². The minimum atomic E-state index is -4.20. The number of ether oxygens (including phenoxy) is 1. The van der Waals surface area contributed by atoms with Crippen molar-refractivity contribution in [2.45, 2.75) is 64.2 Å². The summed E-state index contributed by atoms with van der Waals surface area (Å²) in [4.78, 5) is 17.3. The van der Waals surface area contributed by atoms with E-state index < -0.39 is 10.1 Å². The maximum Gasteiger partial charge on any atom is 0.341 e. The Morgan fingerprint density at radius 2 is 1.68 bits per heavy atom. The van der Waals surface area contributed by atoms with Crippen molar-refractivity contribution in [2.24, 2.45) is 4.99 Å². The zero-order valence-corrected chi connectivity index (χ0v) is 19.7. The Morgan fingerprint density at radius 1 is 1.06 bits per heavy atom. The number of morpholine rings is 1. The number of rotatable bonds is 5. The van der Waals surface area contributed by atoms with Crippen LogP contribution in [-0.4, -0.2) is 44.9 Å². The summed E-state index contributed by atoms with van der Waals surface area (Å²) in [6.45, 7) is 13.2. The van der Waals surface area contributed by atoms with Crippen molar-refractivity contribution in [1.29, 1.82) is 0 Å². The van der Waals surface area contributed by atoms with E-state index in [0.29, 0.717) is 30.0 Å². The van der Waals surface area contributed by atoms with Gasteiger partial charge in [-0.05, 0) is 34.4 Å². The molecule has 0 spiro atoms. The summed E-state index contributed by atoms with van der Waals surface area (Å²) in [5, 5.41) is 0. The fourth-order valence-corrected chi connectivity index (χ4v) is 5.27. The molecule has 7 nitrogen and oxygen atoms in total. The molecule has 0 unspecified atom stereocenters. The summed E-state index contributed by atoms with van der Waals surface area (Å²) in [5.41, 5.74) is 3.14. The van der Waals surface area contributed by atoms with Gasteiger partial charge in [-0.2, -0.15) is 13.4 Å². The maximum atomic E-state index is 13.5. The highest BCUT2D eigenvalue weighted by atomic mass is 32.2. The Morgan fingerprint density at radius 3 is 2.19 bits per heavy atom. The van der Waals surface area contributed by atoms with Crippen molar-refractivity contribution in [3.05, 3.63) is 46.4 Å². The van der Waals surface area contributed by atoms with Gasteiger partial charge in [-0.25, -0.2) is 4.79 Å². The second-order valence-electron chi connectivity index (χ2n) is 8.75. The van der Waals surface area contributed by atoms with Crippen LogP contribution in [0.25, 0.3) is 0 Å². The lowest BCUT2D eigenvalue weighted by atomic mass is 9.89. The van der Waals surface area contributed by atoms with Gasteiger partial charge in [0.2, 0.25) is 11.7 Å².